The van der Waals surface area contributed by atoms with Crippen LogP contribution in [0.3, 0.4) is 0 Å². The van der Waals surface area contributed by atoms with Crippen molar-refractivity contribution in [2.75, 3.05) is 6.54 Å². The van der Waals surface area contributed by atoms with E-state index in [1.807, 2.05) is 6.07 Å². The molecule has 1 aromatic rings. The molecule has 1 aliphatic carbocycles. The van der Waals surface area contributed by atoms with E-state index in [0.29, 0.717) is 6.04 Å². The largest absolute Gasteiger partial charge is 0.314 e. The van der Waals surface area contributed by atoms with Crippen molar-refractivity contribution in [3.8, 4) is 0 Å². The van der Waals surface area contributed by atoms with Crippen LogP contribution in [-0.2, 0) is 6.42 Å². The van der Waals surface area contributed by atoms with E-state index in [1.165, 1.54) is 25.3 Å². The van der Waals surface area contributed by atoms with E-state index in [-0.39, 0.29) is 10.8 Å². The Morgan fingerprint density at radius 2 is 2.22 bits per heavy atom. The summed E-state index contributed by atoms with van der Waals surface area (Å²) in [6, 6.07) is 5.52. The highest BCUT2D eigenvalue weighted by Gasteiger charge is 2.25. The normalized spacial score (nSPS) is 16.8. The van der Waals surface area contributed by atoms with Crippen LogP contribution in [0.25, 0.3) is 0 Å². The Morgan fingerprint density at radius 1 is 1.44 bits per heavy atom. The molecule has 1 nitrogen and oxygen atoms in total. The number of halogens is 2. The van der Waals surface area contributed by atoms with E-state index >= 15 is 0 Å². The van der Waals surface area contributed by atoms with Gasteiger partial charge in [-0.1, -0.05) is 43.5 Å². The monoisotopic (exact) mass is 269 g/mol. The van der Waals surface area contributed by atoms with Crippen molar-refractivity contribution in [3.05, 3.63) is 34.6 Å². The molecule has 0 bridgehead atoms. The summed E-state index contributed by atoms with van der Waals surface area (Å²) in [6.07, 6.45) is 5.83. The van der Waals surface area contributed by atoms with Crippen molar-refractivity contribution in [1.82, 2.24) is 5.32 Å². The summed E-state index contributed by atoms with van der Waals surface area (Å²) in [5.41, 5.74) is 0.922. The molecule has 0 spiro atoms. The minimum absolute atomic E-state index is 0.289. The van der Waals surface area contributed by atoms with Crippen molar-refractivity contribution in [3.63, 3.8) is 0 Å². The second kappa shape index (κ2) is 6.53. The second-order valence-electron chi connectivity index (χ2n) is 5.25. The van der Waals surface area contributed by atoms with Gasteiger partial charge in [-0.3, -0.25) is 0 Å². The van der Waals surface area contributed by atoms with Crippen molar-refractivity contribution in [2.45, 2.75) is 45.1 Å². The van der Waals surface area contributed by atoms with Crippen LogP contribution in [0.2, 0.25) is 5.02 Å². The van der Waals surface area contributed by atoms with Gasteiger partial charge < -0.3 is 5.32 Å². The molecule has 1 aromatic carbocycles. The molecule has 1 fully saturated rings. The van der Waals surface area contributed by atoms with Crippen LogP contribution in [0.1, 0.15) is 38.2 Å². The fraction of sp³-hybridized carbons (Fsp3) is 0.600. The lowest BCUT2D eigenvalue weighted by Crippen LogP contribution is -2.32. The van der Waals surface area contributed by atoms with Gasteiger partial charge in [-0.15, -0.1) is 0 Å². The predicted molar refractivity (Wildman–Crippen MR) is 74.5 cm³/mol. The molecule has 0 aromatic heterocycles. The molecule has 3 heteroatoms. The van der Waals surface area contributed by atoms with Crippen LogP contribution >= 0.6 is 11.6 Å². The average Bonchev–Trinajstić information content (AvgIpc) is 3.16. The molecule has 2 rings (SSSR count). The van der Waals surface area contributed by atoms with E-state index < -0.39 is 0 Å². The van der Waals surface area contributed by atoms with Crippen molar-refractivity contribution in [2.24, 2.45) is 5.92 Å². The molecule has 100 valence electrons. The molecule has 1 unspecified atom stereocenters. The maximum absolute atomic E-state index is 13.4. The van der Waals surface area contributed by atoms with Crippen molar-refractivity contribution in [1.29, 1.82) is 0 Å². The highest BCUT2D eigenvalue weighted by Crippen LogP contribution is 2.34. The van der Waals surface area contributed by atoms with E-state index in [0.717, 1.165) is 30.9 Å². The summed E-state index contributed by atoms with van der Waals surface area (Å²) in [5, 5.41) is 3.84. The van der Waals surface area contributed by atoms with E-state index in [9.17, 15) is 4.39 Å². The lowest BCUT2D eigenvalue weighted by molar-refractivity contribution is 0.454. The zero-order valence-electron chi connectivity index (χ0n) is 10.9. The molecular formula is C15H21ClFN. The molecule has 1 N–H and O–H groups in total. The maximum atomic E-state index is 13.4. The lowest BCUT2D eigenvalue weighted by Gasteiger charge is -2.19. The van der Waals surface area contributed by atoms with Gasteiger partial charge >= 0.3 is 0 Å². The first-order valence-corrected chi connectivity index (χ1v) is 7.24. The summed E-state index contributed by atoms with van der Waals surface area (Å²) < 4.78 is 13.4. The van der Waals surface area contributed by atoms with E-state index in [4.69, 9.17) is 11.6 Å². The van der Waals surface area contributed by atoms with Gasteiger partial charge in [-0.05, 0) is 43.4 Å². The Morgan fingerprint density at radius 3 is 2.89 bits per heavy atom. The molecule has 0 radical (unpaired) electrons. The molecule has 0 heterocycles. The third-order valence-electron chi connectivity index (χ3n) is 3.50. The fourth-order valence-corrected chi connectivity index (χ4v) is 2.52. The third-order valence-corrected chi connectivity index (χ3v) is 3.92. The first-order chi connectivity index (χ1) is 8.70. The zero-order chi connectivity index (χ0) is 13.0. The van der Waals surface area contributed by atoms with Crippen LogP contribution in [0.15, 0.2) is 18.2 Å². The summed E-state index contributed by atoms with van der Waals surface area (Å²) in [6.45, 7) is 3.18. The maximum Gasteiger partial charge on any atom is 0.142 e. The smallest absolute Gasteiger partial charge is 0.142 e. The highest BCUT2D eigenvalue weighted by atomic mass is 35.5. The number of hydrogen-bond acceptors (Lipinski definition) is 1. The molecule has 0 aliphatic heterocycles. The summed E-state index contributed by atoms with van der Waals surface area (Å²) >= 11 is 6.02. The topological polar surface area (TPSA) is 12.0 Å². The number of hydrogen-bond donors (Lipinski definition) is 1. The number of rotatable bonds is 7. The lowest BCUT2D eigenvalue weighted by atomic mass is 10.0. The Balaban J connectivity index is 1.99. The Hall–Kier alpha value is -0.600. The van der Waals surface area contributed by atoms with Gasteiger partial charge in [-0.2, -0.15) is 0 Å². The van der Waals surface area contributed by atoms with Crippen LogP contribution < -0.4 is 5.32 Å². The molecule has 0 amide bonds. The van der Waals surface area contributed by atoms with Crippen LogP contribution in [0, 0.1) is 11.7 Å². The summed E-state index contributed by atoms with van der Waals surface area (Å²) in [5.74, 6) is 0.557. The van der Waals surface area contributed by atoms with Crippen LogP contribution in [0.5, 0.6) is 0 Å². The minimum Gasteiger partial charge on any atom is -0.314 e. The van der Waals surface area contributed by atoms with Gasteiger partial charge in [0.2, 0.25) is 0 Å². The number of benzene rings is 1. The van der Waals surface area contributed by atoms with Crippen molar-refractivity contribution >= 4 is 11.6 Å². The van der Waals surface area contributed by atoms with Gasteiger partial charge in [0.05, 0.1) is 5.02 Å². The second-order valence-corrected chi connectivity index (χ2v) is 5.63. The predicted octanol–water partition coefficient (Wildman–Crippen LogP) is 4.19. The van der Waals surface area contributed by atoms with E-state index in [1.54, 1.807) is 6.07 Å². The molecule has 18 heavy (non-hydrogen) atoms. The Labute approximate surface area is 114 Å². The van der Waals surface area contributed by atoms with Gasteiger partial charge in [0.25, 0.3) is 0 Å². The van der Waals surface area contributed by atoms with Crippen LogP contribution in [0.4, 0.5) is 4.39 Å². The average molecular weight is 270 g/mol. The first-order valence-electron chi connectivity index (χ1n) is 6.87. The van der Waals surface area contributed by atoms with Crippen LogP contribution in [-0.4, -0.2) is 12.6 Å². The molecule has 1 saturated carbocycles. The van der Waals surface area contributed by atoms with Gasteiger partial charge in [0.1, 0.15) is 5.82 Å². The SMILES string of the molecule is CCCNC(Cc1cccc(F)c1Cl)CC1CC1. The standard InChI is InChI=1S/C15H21ClFN/c1-2-8-18-13(9-11-6-7-11)10-12-4-3-5-14(17)15(12)16/h3-5,11,13,18H,2,6-10H2,1H3. The molecule has 0 saturated heterocycles. The number of nitrogens with one attached hydrogen (secondary N) is 1. The van der Waals surface area contributed by atoms with Gasteiger partial charge in [-0.25, -0.2) is 4.39 Å². The summed E-state index contributed by atoms with van der Waals surface area (Å²) in [4.78, 5) is 0. The van der Waals surface area contributed by atoms with Crippen molar-refractivity contribution < 1.29 is 4.39 Å². The quantitative estimate of drug-likeness (QED) is 0.783. The van der Waals surface area contributed by atoms with E-state index in [2.05, 4.69) is 12.2 Å². The molecule has 1 aliphatic rings. The first kappa shape index (κ1) is 13.8. The Bertz CT molecular complexity index is 390. The highest BCUT2D eigenvalue weighted by molar-refractivity contribution is 6.31. The fourth-order valence-electron chi connectivity index (χ4n) is 2.31. The molecule has 1 atom stereocenters. The Kier molecular flexibility index (Phi) is 5.02. The minimum atomic E-state index is -0.310. The third kappa shape index (κ3) is 3.96. The van der Waals surface area contributed by atoms with Gasteiger partial charge in [0, 0.05) is 6.04 Å². The van der Waals surface area contributed by atoms with Gasteiger partial charge in [0.15, 0.2) is 0 Å². The zero-order valence-corrected chi connectivity index (χ0v) is 11.6. The molecular weight excluding hydrogens is 249 g/mol. The summed E-state index contributed by atoms with van der Waals surface area (Å²) in [7, 11) is 0.